The van der Waals surface area contributed by atoms with E-state index in [1.165, 1.54) is 0 Å². The van der Waals surface area contributed by atoms with Crippen molar-refractivity contribution in [2.24, 2.45) is 0 Å². The van der Waals surface area contributed by atoms with Crippen LogP contribution in [0.5, 0.6) is 5.75 Å². The molecule has 0 atom stereocenters. The van der Waals surface area contributed by atoms with E-state index < -0.39 is 28.9 Å². The van der Waals surface area contributed by atoms with Crippen LogP contribution < -0.4 is 10.2 Å². The molecule has 24 heavy (non-hydrogen) atoms. The van der Waals surface area contributed by atoms with E-state index in [4.69, 9.17) is 0 Å². The Kier molecular flexibility index (Phi) is 4.16. The lowest BCUT2D eigenvalue weighted by Crippen LogP contribution is -2.23. The number of nitrogens with zero attached hydrogens (tertiary/aromatic N) is 1. The summed E-state index contributed by atoms with van der Waals surface area (Å²) in [7, 11) is 0. The van der Waals surface area contributed by atoms with Gasteiger partial charge in [-0.2, -0.15) is 0 Å². The van der Waals surface area contributed by atoms with Crippen LogP contribution in [0.2, 0.25) is 0 Å². The van der Waals surface area contributed by atoms with Crippen molar-refractivity contribution in [1.82, 2.24) is 0 Å². The molecule has 1 fully saturated rings. The molecule has 1 heterocycles. The standard InChI is InChI=1S/C17H14F2N2O3/c18-10-8-13(19)16(14(22)9-10)17(24)20-11-3-5-12(6-4-11)21-7-1-2-15(21)23/h3-6,8-9,22H,1-2,7H2,(H,20,24). The third kappa shape index (κ3) is 3.05. The Morgan fingerprint density at radius 2 is 1.88 bits per heavy atom. The summed E-state index contributed by atoms with van der Waals surface area (Å²) in [6.45, 7) is 0.652. The molecule has 0 bridgehead atoms. The van der Waals surface area contributed by atoms with E-state index in [1.54, 1.807) is 29.2 Å². The van der Waals surface area contributed by atoms with Crippen LogP contribution in [-0.4, -0.2) is 23.5 Å². The molecule has 0 aromatic heterocycles. The lowest BCUT2D eigenvalue weighted by molar-refractivity contribution is -0.117. The van der Waals surface area contributed by atoms with Crippen molar-refractivity contribution < 1.29 is 23.5 Å². The van der Waals surface area contributed by atoms with Crippen molar-refractivity contribution in [3.8, 4) is 5.75 Å². The lowest BCUT2D eigenvalue weighted by atomic mass is 10.1. The molecule has 0 aliphatic carbocycles. The number of carbonyl (C=O) groups excluding carboxylic acids is 2. The van der Waals surface area contributed by atoms with Crippen molar-refractivity contribution in [1.29, 1.82) is 0 Å². The summed E-state index contributed by atoms with van der Waals surface area (Å²) >= 11 is 0. The van der Waals surface area contributed by atoms with Crippen molar-refractivity contribution in [2.45, 2.75) is 12.8 Å². The van der Waals surface area contributed by atoms with Crippen LogP contribution in [-0.2, 0) is 4.79 Å². The highest BCUT2D eigenvalue weighted by Crippen LogP contribution is 2.25. The molecular formula is C17H14F2N2O3. The molecule has 0 spiro atoms. The minimum Gasteiger partial charge on any atom is -0.507 e. The molecule has 7 heteroatoms. The molecule has 1 saturated heterocycles. The maximum Gasteiger partial charge on any atom is 0.262 e. The Bertz CT molecular complexity index is 783. The number of rotatable bonds is 3. The van der Waals surface area contributed by atoms with Gasteiger partial charge in [0.1, 0.15) is 22.9 Å². The van der Waals surface area contributed by atoms with Gasteiger partial charge < -0.3 is 15.3 Å². The molecule has 2 aromatic rings. The van der Waals surface area contributed by atoms with Crippen LogP contribution in [0.4, 0.5) is 20.2 Å². The second-order valence-corrected chi connectivity index (χ2v) is 5.43. The molecule has 0 radical (unpaired) electrons. The molecule has 2 aromatic carbocycles. The van der Waals surface area contributed by atoms with Crippen molar-refractivity contribution in [3.05, 3.63) is 53.6 Å². The van der Waals surface area contributed by atoms with E-state index >= 15 is 0 Å². The van der Waals surface area contributed by atoms with Crippen LogP contribution in [0.15, 0.2) is 36.4 Å². The number of carbonyl (C=O) groups is 2. The molecule has 0 unspecified atom stereocenters. The predicted octanol–water partition coefficient (Wildman–Crippen LogP) is 3.05. The largest absolute Gasteiger partial charge is 0.507 e. The fourth-order valence-electron chi connectivity index (χ4n) is 2.62. The third-order valence-corrected chi connectivity index (χ3v) is 3.77. The summed E-state index contributed by atoms with van der Waals surface area (Å²) < 4.78 is 26.6. The van der Waals surface area contributed by atoms with Crippen molar-refractivity contribution in [3.63, 3.8) is 0 Å². The summed E-state index contributed by atoms with van der Waals surface area (Å²) in [5.41, 5.74) is 0.444. The monoisotopic (exact) mass is 332 g/mol. The van der Waals surface area contributed by atoms with E-state index in [0.29, 0.717) is 36.5 Å². The van der Waals surface area contributed by atoms with Crippen LogP contribution >= 0.6 is 0 Å². The van der Waals surface area contributed by atoms with E-state index in [2.05, 4.69) is 5.32 Å². The molecule has 124 valence electrons. The number of halogens is 2. The van der Waals surface area contributed by atoms with Gasteiger partial charge in [-0.3, -0.25) is 9.59 Å². The van der Waals surface area contributed by atoms with Crippen molar-refractivity contribution >= 4 is 23.2 Å². The second-order valence-electron chi connectivity index (χ2n) is 5.43. The van der Waals surface area contributed by atoms with Gasteiger partial charge in [0.05, 0.1) is 0 Å². The predicted molar refractivity (Wildman–Crippen MR) is 84.0 cm³/mol. The first-order valence-electron chi connectivity index (χ1n) is 7.35. The number of phenols is 1. The third-order valence-electron chi connectivity index (χ3n) is 3.77. The molecular weight excluding hydrogens is 318 g/mol. The molecule has 1 aliphatic heterocycles. The summed E-state index contributed by atoms with van der Waals surface area (Å²) in [6, 6.07) is 7.66. The minimum atomic E-state index is -1.15. The smallest absolute Gasteiger partial charge is 0.262 e. The topological polar surface area (TPSA) is 69.6 Å². The molecule has 5 nitrogen and oxygen atoms in total. The average Bonchev–Trinajstić information content (AvgIpc) is 2.93. The first kappa shape index (κ1) is 15.9. The van der Waals surface area contributed by atoms with E-state index in [9.17, 15) is 23.5 Å². The minimum absolute atomic E-state index is 0.0464. The number of amides is 2. The fraction of sp³-hybridized carbons (Fsp3) is 0.176. The molecule has 2 amide bonds. The van der Waals surface area contributed by atoms with Gasteiger partial charge >= 0.3 is 0 Å². The second kappa shape index (κ2) is 6.27. The Balaban J connectivity index is 1.77. The normalized spacial score (nSPS) is 14.1. The number of phenolic OH excluding ortho intramolecular Hbond substituents is 1. The number of aromatic hydroxyl groups is 1. The average molecular weight is 332 g/mol. The number of hydrogen-bond acceptors (Lipinski definition) is 3. The number of nitrogens with one attached hydrogen (secondary N) is 1. The highest BCUT2D eigenvalue weighted by molar-refractivity contribution is 6.06. The SMILES string of the molecule is O=C(Nc1ccc(N2CCCC2=O)cc1)c1c(O)cc(F)cc1F. The highest BCUT2D eigenvalue weighted by Gasteiger charge is 2.22. The Labute approximate surface area is 136 Å². The van der Waals surface area contributed by atoms with E-state index in [-0.39, 0.29) is 5.91 Å². The molecule has 3 rings (SSSR count). The van der Waals surface area contributed by atoms with Crippen LogP contribution in [0, 0.1) is 11.6 Å². The van der Waals surface area contributed by atoms with Gasteiger partial charge in [0, 0.05) is 36.5 Å². The Morgan fingerprint density at radius 1 is 1.17 bits per heavy atom. The number of hydrogen-bond donors (Lipinski definition) is 2. The fourth-order valence-corrected chi connectivity index (χ4v) is 2.62. The van der Waals surface area contributed by atoms with E-state index in [1.807, 2.05) is 0 Å². The Morgan fingerprint density at radius 3 is 2.46 bits per heavy atom. The first-order chi connectivity index (χ1) is 11.5. The Hall–Kier alpha value is -2.96. The van der Waals surface area contributed by atoms with E-state index in [0.717, 1.165) is 6.42 Å². The van der Waals surface area contributed by atoms with Gasteiger partial charge in [0.15, 0.2) is 0 Å². The van der Waals surface area contributed by atoms with Crippen LogP contribution in [0.1, 0.15) is 23.2 Å². The van der Waals surface area contributed by atoms with Gasteiger partial charge in [-0.05, 0) is 30.7 Å². The van der Waals surface area contributed by atoms with Gasteiger partial charge in [-0.25, -0.2) is 8.78 Å². The first-order valence-corrected chi connectivity index (χ1v) is 7.35. The maximum atomic E-state index is 13.7. The summed E-state index contributed by atoms with van der Waals surface area (Å²) in [6.07, 6.45) is 1.32. The zero-order valence-electron chi connectivity index (χ0n) is 12.6. The maximum absolute atomic E-state index is 13.7. The summed E-state index contributed by atoms with van der Waals surface area (Å²) in [5, 5.41) is 12.0. The zero-order chi connectivity index (χ0) is 17.3. The lowest BCUT2D eigenvalue weighted by Gasteiger charge is -2.16. The summed E-state index contributed by atoms with van der Waals surface area (Å²) in [4.78, 5) is 25.4. The molecule has 2 N–H and O–H groups in total. The van der Waals surface area contributed by atoms with Gasteiger partial charge in [0.25, 0.3) is 5.91 Å². The highest BCUT2D eigenvalue weighted by atomic mass is 19.1. The quantitative estimate of drug-likeness (QED) is 0.908. The summed E-state index contributed by atoms with van der Waals surface area (Å²) in [5.74, 6) is -3.74. The molecule has 0 saturated carbocycles. The van der Waals surface area contributed by atoms with Gasteiger partial charge in [-0.1, -0.05) is 0 Å². The van der Waals surface area contributed by atoms with Crippen LogP contribution in [0.25, 0.3) is 0 Å². The van der Waals surface area contributed by atoms with Gasteiger partial charge in [-0.15, -0.1) is 0 Å². The number of benzene rings is 2. The molecule has 1 aliphatic rings. The number of anilines is 2. The van der Waals surface area contributed by atoms with Crippen LogP contribution in [0.3, 0.4) is 0 Å². The zero-order valence-corrected chi connectivity index (χ0v) is 12.6. The van der Waals surface area contributed by atoms with Crippen molar-refractivity contribution in [2.75, 3.05) is 16.8 Å². The van der Waals surface area contributed by atoms with Gasteiger partial charge in [0.2, 0.25) is 5.91 Å².